The number of aromatic nitrogens is 3. The topological polar surface area (TPSA) is 95.7 Å². The third kappa shape index (κ3) is 4.52. The van der Waals surface area contributed by atoms with Gasteiger partial charge in [-0.05, 0) is 50.5 Å². The van der Waals surface area contributed by atoms with Gasteiger partial charge in [0.05, 0.1) is 4.90 Å². The maximum atomic E-state index is 13.2. The molecule has 0 N–H and O–H groups in total. The number of hydrogen-bond acceptors (Lipinski definition) is 8. The Morgan fingerprint density at radius 3 is 2.24 bits per heavy atom. The lowest BCUT2D eigenvalue weighted by Crippen LogP contribution is -2.49. The SMILES string of the molecule is Cc1nc(-c2ccc(S(=O)(=O)N3CCN(c4ccc(N5CCCCC5C)nn4)CC3)cc2)co1. The summed E-state index contributed by atoms with van der Waals surface area (Å²) in [4.78, 5) is 8.99. The first-order valence-corrected chi connectivity index (χ1v) is 13.2. The van der Waals surface area contributed by atoms with Gasteiger partial charge in [-0.1, -0.05) is 12.1 Å². The van der Waals surface area contributed by atoms with Crippen LogP contribution in [0.15, 0.2) is 52.0 Å². The Bertz CT molecular complexity index is 1220. The van der Waals surface area contributed by atoms with Crippen molar-refractivity contribution in [3.63, 3.8) is 0 Å². The molecule has 0 spiro atoms. The van der Waals surface area contributed by atoms with Gasteiger partial charge >= 0.3 is 0 Å². The molecule has 2 aliphatic rings. The molecule has 0 radical (unpaired) electrons. The van der Waals surface area contributed by atoms with Crippen molar-refractivity contribution < 1.29 is 12.8 Å². The largest absolute Gasteiger partial charge is 0.449 e. The lowest BCUT2D eigenvalue weighted by molar-refractivity contribution is 0.383. The molecule has 2 aromatic heterocycles. The van der Waals surface area contributed by atoms with E-state index in [2.05, 4.69) is 31.9 Å². The van der Waals surface area contributed by atoms with Gasteiger partial charge in [-0.25, -0.2) is 13.4 Å². The van der Waals surface area contributed by atoms with E-state index in [9.17, 15) is 8.42 Å². The molecule has 1 atom stereocenters. The average Bonchev–Trinajstić information content (AvgIpc) is 3.31. The first-order chi connectivity index (χ1) is 16.4. The Labute approximate surface area is 200 Å². The molecule has 2 aliphatic heterocycles. The summed E-state index contributed by atoms with van der Waals surface area (Å²) < 4.78 is 33.1. The van der Waals surface area contributed by atoms with E-state index >= 15 is 0 Å². The highest BCUT2D eigenvalue weighted by Gasteiger charge is 2.29. The molecular weight excluding hydrogens is 452 g/mol. The first kappa shape index (κ1) is 22.8. The molecule has 9 nitrogen and oxygen atoms in total. The molecule has 0 amide bonds. The molecule has 34 heavy (non-hydrogen) atoms. The van der Waals surface area contributed by atoms with Crippen molar-refractivity contribution in [2.24, 2.45) is 0 Å². The third-order valence-electron chi connectivity index (χ3n) is 6.70. The molecule has 1 aromatic carbocycles. The first-order valence-electron chi connectivity index (χ1n) is 11.8. The number of anilines is 2. The van der Waals surface area contributed by atoms with Gasteiger partial charge in [0.15, 0.2) is 17.5 Å². The Kier molecular flexibility index (Phi) is 6.26. The Morgan fingerprint density at radius 2 is 1.62 bits per heavy atom. The molecule has 2 saturated heterocycles. The van der Waals surface area contributed by atoms with Crippen molar-refractivity contribution in [2.75, 3.05) is 42.5 Å². The summed E-state index contributed by atoms with van der Waals surface area (Å²) in [6, 6.07) is 11.3. The summed E-state index contributed by atoms with van der Waals surface area (Å²) in [5.74, 6) is 2.28. The maximum absolute atomic E-state index is 13.2. The molecule has 0 bridgehead atoms. The van der Waals surface area contributed by atoms with E-state index in [0.29, 0.717) is 43.8 Å². The van der Waals surface area contributed by atoms with Crippen LogP contribution in [0.25, 0.3) is 11.3 Å². The van der Waals surface area contributed by atoms with E-state index in [1.54, 1.807) is 37.5 Å². The quantitative estimate of drug-likeness (QED) is 0.546. The van der Waals surface area contributed by atoms with Crippen molar-refractivity contribution in [1.82, 2.24) is 19.5 Å². The van der Waals surface area contributed by atoms with Gasteiger partial charge in [0.2, 0.25) is 10.0 Å². The predicted molar refractivity (Wildman–Crippen MR) is 130 cm³/mol. The summed E-state index contributed by atoms with van der Waals surface area (Å²) in [5, 5.41) is 8.92. The second kappa shape index (κ2) is 9.34. The summed E-state index contributed by atoms with van der Waals surface area (Å²) in [7, 11) is -3.57. The van der Waals surface area contributed by atoms with Crippen molar-refractivity contribution in [1.29, 1.82) is 0 Å². The maximum Gasteiger partial charge on any atom is 0.243 e. The number of aryl methyl sites for hydroxylation is 1. The minimum atomic E-state index is -3.57. The zero-order chi connectivity index (χ0) is 23.7. The van der Waals surface area contributed by atoms with Crippen molar-refractivity contribution >= 4 is 21.7 Å². The Hall–Kier alpha value is -2.98. The van der Waals surface area contributed by atoms with Gasteiger partial charge < -0.3 is 14.2 Å². The molecule has 180 valence electrons. The van der Waals surface area contributed by atoms with E-state index in [1.807, 2.05) is 12.1 Å². The molecule has 0 aliphatic carbocycles. The van der Waals surface area contributed by atoms with Crippen LogP contribution in [-0.2, 0) is 10.0 Å². The molecule has 3 aromatic rings. The van der Waals surface area contributed by atoms with E-state index in [-0.39, 0.29) is 4.90 Å². The molecule has 1 unspecified atom stereocenters. The fourth-order valence-electron chi connectivity index (χ4n) is 4.68. The zero-order valence-electron chi connectivity index (χ0n) is 19.6. The molecule has 0 saturated carbocycles. The van der Waals surface area contributed by atoms with Crippen LogP contribution < -0.4 is 9.80 Å². The third-order valence-corrected chi connectivity index (χ3v) is 8.62. The molecule has 10 heteroatoms. The van der Waals surface area contributed by atoms with E-state index < -0.39 is 10.0 Å². The van der Waals surface area contributed by atoms with E-state index in [4.69, 9.17) is 4.42 Å². The number of piperazine rings is 1. The van der Waals surface area contributed by atoms with Crippen molar-refractivity contribution in [3.8, 4) is 11.3 Å². The molecule has 2 fully saturated rings. The second-order valence-electron chi connectivity index (χ2n) is 8.96. The van der Waals surface area contributed by atoms with Crippen LogP contribution in [0.4, 0.5) is 11.6 Å². The number of benzene rings is 1. The Morgan fingerprint density at radius 1 is 0.912 bits per heavy atom. The van der Waals surface area contributed by atoms with Crippen molar-refractivity contribution in [2.45, 2.75) is 44.0 Å². The molecule has 4 heterocycles. The number of nitrogens with zero attached hydrogens (tertiary/aromatic N) is 6. The lowest BCUT2D eigenvalue weighted by atomic mass is 10.0. The van der Waals surface area contributed by atoms with Crippen LogP contribution in [0.2, 0.25) is 0 Å². The van der Waals surface area contributed by atoms with Gasteiger partial charge in [0.25, 0.3) is 0 Å². The molecule has 5 rings (SSSR count). The number of oxazole rings is 1. The van der Waals surface area contributed by atoms with Crippen molar-refractivity contribution in [3.05, 3.63) is 48.6 Å². The fraction of sp³-hybridized carbons (Fsp3) is 0.458. The summed E-state index contributed by atoms with van der Waals surface area (Å²) in [6.45, 7) is 6.98. The van der Waals surface area contributed by atoms with Gasteiger partial charge in [0, 0.05) is 51.3 Å². The van der Waals surface area contributed by atoms with Crippen LogP contribution in [-0.4, -0.2) is 66.7 Å². The van der Waals surface area contributed by atoms with E-state index in [1.165, 1.54) is 23.6 Å². The highest BCUT2D eigenvalue weighted by molar-refractivity contribution is 7.89. The average molecular weight is 483 g/mol. The van der Waals surface area contributed by atoms with Gasteiger partial charge in [-0.3, -0.25) is 0 Å². The van der Waals surface area contributed by atoms with Crippen LogP contribution in [0.3, 0.4) is 0 Å². The summed E-state index contributed by atoms with van der Waals surface area (Å²) in [6.07, 6.45) is 5.21. The number of piperidine rings is 1. The number of sulfonamides is 1. The minimum Gasteiger partial charge on any atom is -0.449 e. The normalized spacial score (nSPS) is 20.0. The highest BCUT2D eigenvalue weighted by Crippen LogP contribution is 2.26. The minimum absolute atomic E-state index is 0.282. The standard InChI is InChI=1S/C24H30N6O3S/c1-18-5-3-4-12-30(18)24-11-10-23(26-27-24)28-13-15-29(16-14-28)34(31,32)21-8-6-20(7-9-21)22-17-33-19(2)25-22/h6-11,17-18H,3-5,12-16H2,1-2H3. The van der Waals surface area contributed by atoms with Crippen LogP contribution in [0.5, 0.6) is 0 Å². The smallest absolute Gasteiger partial charge is 0.243 e. The predicted octanol–water partition coefficient (Wildman–Crippen LogP) is 3.33. The summed E-state index contributed by atoms with van der Waals surface area (Å²) in [5.41, 5.74) is 1.51. The summed E-state index contributed by atoms with van der Waals surface area (Å²) >= 11 is 0. The van der Waals surface area contributed by atoms with Gasteiger partial charge in [-0.2, -0.15) is 4.31 Å². The number of hydrogen-bond donors (Lipinski definition) is 0. The van der Waals surface area contributed by atoms with Crippen LogP contribution in [0.1, 0.15) is 32.1 Å². The van der Waals surface area contributed by atoms with E-state index in [0.717, 1.165) is 23.7 Å². The zero-order valence-corrected chi connectivity index (χ0v) is 20.4. The lowest BCUT2D eigenvalue weighted by Gasteiger charge is -2.35. The second-order valence-corrected chi connectivity index (χ2v) is 10.9. The monoisotopic (exact) mass is 482 g/mol. The Balaban J connectivity index is 1.22. The molecular formula is C24H30N6O3S. The van der Waals surface area contributed by atoms with Crippen LogP contribution in [0, 0.1) is 6.92 Å². The van der Waals surface area contributed by atoms with Gasteiger partial charge in [-0.15, -0.1) is 10.2 Å². The van der Waals surface area contributed by atoms with Crippen LogP contribution >= 0.6 is 0 Å². The number of rotatable bonds is 5. The highest BCUT2D eigenvalue weighted by atomic mass is 32.2. The van der Waals surface area contributed by atoms with Gasteiger partial charge in [0.1, 0.15) is 12.0 Å². The fourth-order valence-corrected chi connectivity index (χ4v) is 6.10.